The van der Waals surface area contributed by atoms with E-state index in [1.54, 1.807) is 22.9 Å². The number of likely N-dealkylation sites (tertiary alicyclic amines) is 1. The number of fused-ring (bicyclic) bond motifs is 1. The minimum Gasteiger partial charge on any atom is -0.461 e. The van der Waals surface area contributed by atoms with Crippen LogP contribution in [-0.2, 0) is 6.54 Å². The van der Waals surface area contributed by atoms with Gasteiger partial charge in [-0.25, -0.2) is 9.97 Å². The predicted molar refractivity (Wildman–Crippen MR) is 119 cm³/mol. The van der Waals surface area contributed by atoms with Crippen LogP contribution in [0.1, 0.15) is 18.4 Å². The first-order valence-electron chi connectivity index (χ1n) is 9.92. The first kappa shape index (κ1) is 20.0. The molecule has 0 bridgehead atoms. The first-order chi connectivity index (χ1) is 15.0. The lowest BCUT2D eigenvalue weighted by Crippen LogP contribution is -2.35. The van der Waals surface area contributed by atoms with Crippen molar-refractivity contribution in [3.8, 4) is 11.6 Å². The molecule has 11 heteroatoms. The van der Waals surface area contributed by atoms with E-state index in [1.807, 2.05) is 18.2 Å². The molecule has 9 nitrogen and oxygen atoms in total. The number of nitrogens with zero attached hydrogens (tertiary/aromatic N) is 6. The molecule has 1 unspecified atom stereocenters. The molecule has 0 aliphatic carbocycles. The van der Waals surface area contributed by atoms with Gasteiger partial charge in [0.25, 0.3) is 0 Å². The summed E-state index contributed by atoms with van der Waals surface area (Å²) in [6.07, 6.45) is 3.77. The molecular weight excluding hydrogens is 439 g/mol. The predicted octanol–water partition coefficient (Wildman–Crippen LogP) is 3.74. The van der Waals surface area contributed by atoms with Crippen molar-refractivity contribution in [2.45, 2.75) is 25.4 Å². The van der Waals surface area contributed by atoms with Crippen LogP contribution < -0.4 is 11.1 Å². The number of nitrogen functional groups attached to an aromatic ring is 1. The molecule has 0 radical (unpaired) electrons. The summed E-state index contributed by atoms with van der Waals surface area (Å²) >= 11 is 12.1. The van der Waals surface area contributed by atoms with Crippen LogP contribution in [0.25, 0.3) is 17.2 Å². The summed E-state index contributed by atoms with van der Waals surface area (Å²) in [6.45, 7) is 2.43. The molecule has 1 aliphatic heterocycles. The van der Waals surface area contributed by atoms with Crippen LogP contribution in [0.2, 0.25) is 10.3 Å². The van der Waals surface area contributed by atoms with Crippen molar-refractivity contribution in [2.24, 2.45) is 0 Å². The van der Waals surface area contributed by atoms with E-state index in [0.29, 0.717) is 51.9 Å². The molecule has 4 aromatic rings. The summed E-state index contributed by atoms with van der Waals surface area (Å²) in [5.74, 6) is 1.99. The van der Waals surface area contributed by atoms with Gasteiger partial charge in [0, 0.05) is 25.2 Å². The largest absolute Gasteiger partial charge is 0.461 e. The summed E-state index contributed by atoms with van der Waals surface area (Å²) in [4.78, 5) is 15.3. The Morgan fingerprint density at radius 3 is 2.77 bits per heavy atom. The fourth-order valence-electron chi connectivity index (χ4n) is 3.92. The summed E-state index contributed by atoms with van der Waals surface area (Å²) < 4.78 is 7.06. The van der Waals surface area contributed by atoms with E-state index in [0.717, 1.165) is 31.5 Å². The van der Waals surface area contributed by atoms with E-state index in [1.165, 1.54) is 0 Å². The Bertz CT molecular complexity index is 1190. The Labute approximate surface area is 188 Å². The highest BCUT2D eigenvalue weighted by Gasteiger charge is 2.25. The van der Waals surface area contributed by atoms with Crippen LogP contribution in [0.5, 0.6) is 0 Å². The lowest BCUT2D eigenvalue weighted by atomic mass is 10.2. The van der Waals surface area contributed by atoms with Crippen LogP contribution in [0, 0.1) is 0 Å². The Morgan fingerprint density at radius 2 is 2.00 bits per heavy atom. The second-order valence-corrected chi connectivity index (χ2v) is 8.23. The molecule has 0 spiro atoms. The number of anilines is 2. The van der Waals surface area contributed by atoms with Crippen molar-refractivity contribution in [1.29, 1.82) is 0 Å². The van der Waals surface area contributed by atoms with Crippen molar-refractivity contribution >= 4 is 40.6 Å². The smallest absolute Gasteiger partial charge is 0.227 e. The molecule has 1 saturated heterocycles. The molecule has 3 N–H and O–H groups in total. The van der Waals surface area contributed by atoms with E-state index >= 15 is 0 Å². The van der Waals surface area contributed by atoms with Gasteiger partial charge in [0.1, 0.15) is 16.1 Å². The number of rotatable bonds is 6. The lowest BCUT2D eigenvalue weighted by Gasteiger charge is -2.25. The molecule has 160 valence electrons. The Kier molecular flexibility index (Phi) is 5.39. The zero-order chi connectivity index (χ0) is 21.4. The normalized spacial score (nSPS) is 16.9. The van der Waals surface area contributed by atoms with E-state index in [4.69, 9.17) is 33.4 Å². The van der Waals surface area contributed by atoms with Crippen molar-refractivity contribution < 1.29 is 4.42 Å². The molecule has 31 heavy (non-hydrogen) atoms. The maximum absolute atomic E-state index is 6.05. The fourth-order valence-corrected chi connectivity index (χ4v) is 4.42. The highest BCUT2D eigenvalue weighted by atomic mass is 35.5. The van der Waals surface area contributed by atoms with Gasteiger partial charge in [-0.05, 0) is 49.2 Å². The molecule has 0 amide bonds. The fraction of sp³-hybridized carbons (Fsp3) is 0.300. The van der Waals surface area contributed by atoms with Gasteiger partial charge in [-0.15, -0.1) is 5.10 Å². The van der Waals surface area contributed by atoms with Crippen molar-refractivity contribution in [1.82, 2.24) is 29.5 Å². The maximum atomic E-state index is 6.05. The number of aromatic nitrogens is 5. The maximum Gasteiger partial charge on any atom is 0.227 e. The quantitative estimate of drug-likeness (QED) is 0.420. The highest BCUT2D eigenvalue weighted by molar-refractivity contribution is 6.32. The minimum atomic E-state index is 0.317. The van der Waals surface area contributed by atoms with Gasteiger partial charge < -0.3 is 15.5 Å². The van der Waals surface area contributed by atoms with Crippen molar-refractivity contribution in [3.05, 3.63) is 52.5 Å². The van der Waals surface area contributed by atoms with Gasteiger partial charge in [0.05, 0.1) is 6.26 Å². The van der Waals surface area contributed by atoms with Crippen LogP contribution in [0.3, 0.4) is 0 Å². The van der Waals surface area contributed by atoms with Crippen LogP contribution in [0.4, 0.5) is 11.8 Å². The number of furan rings is 1. The number of nitrogens with one attached hydrogen (secondary N) is 1. The van der Waals surface area contributed by atoms with Gasteiger partial charge in [-0.2, -0.15) is 9.50 Å². The molecule has 1 aliphatic rings. The molecule has 1 atom stereocenters. The number of pyridine rings is 1. The van der Waals surface area contributed by atoms with E-state index in [2.05, 4.69) is 30.3 Å². The topological polar surface area (TPSA) is 110 Å². The van der Waals surface area contributed by atoms with E-state index < -0.39 is 0 Å². The van der Waals surface area contributed by atoms with Crippen LogP contribution >= 0.6 is 23.2 Å². The average Bonchev–Trinajstić information content (AvgIpc) is 3.46. The van der Waals surface area contributed by atoms with Gasteiger partial charge in [0.15, 0.2) is 11.4 Å². The Hall–Kier alpha value is -2.88. The molecule has 0 saturated carbocycles. The van der Waals surface area contributed by atoms with Gasteiger partial charge >= 0.3 is 0 Å². The van der Waals surface area contributed by atoms with Gasteiger partial charge in [0.2, 0.25) is 11.8 Å². The molecule has 0 aromatic carbocycles. The zero-order valence-electron chi connectivity index (χ0n) is 16.5. The third kappa shape index (κ3) is 4.30. The Morgan fingerprint density at radius 1 is 1.16 bits per heavy atom. The number of hydrogen-bond acceptors (Lipinski definition) is 8. The standard InChI is InChI=1S/C20H20Cl2N8O/c21-15-7-12(8-16(22)25-15)11-29-5-1-3-13(29)10-24-20-26-17(23)9-18-27-19(28-30(18)20)14-4-2-6-31-14/h2,4,6-9,13H,1,3,5,10-11,23H2,(H,24,26). The summed E-state index contributed by atoms with van der Waals surface area (Å²) in [7, 11) is 0. The monoisotopic (exact) mass is 458 g/mol. The third-order valence-electron chi connectivity index (χ3n) is 5.29. The van der Waals surface area contributed by atoms with Crippen LogP contribution in [0.15, 0.2) is 41.0 Å². The third-order valence-corrected chi connectivity index (χ3v) is 5.68. The number of nitrogens with two attached hydrogens (primary N) is 1. The zero-order valence-corrected chi connectivity index (χ0v) is 18.0. The van der Waals surface area contributed by atoms with Gasteiger partial charge in [-0.1, -0.05) is 23.2 Å². The lowest BCUT2D eigenvalue weighted by molar-refractivity contribution is 0.254. The van der Waals surface area contributed by atoms with Crippen LogP contribution in [-0.4, -0.2) is 48.6 Å². The first-order valence-corrected chi connectivity index (χ1v) is 10.7. The Balaban J connectivity index is 1.34. The molecule has 5 heterocycles. The average molecular weight is 459 g/mol. The summed E-state index contributed by atoms with van der Waals surface area (Å²) in [5, 5.41) is 8.74. The molecule has 4 aromatic heterocycles. The molecular formula is C20H20Cl2N8O. The van der Waals surface area contributed by atoms with E-state index in [-0.39, 0.29) is 0 Å². The molecule has 5 rings (SSSR count). The second-order valence-electron chi connectivity index (χ2n) is 7.46. The number of hydrogen-bond donors (Lipinski definition) is 2. The summed E-state index contributed by atoms with van der Waals surface area (Å²) in [5.41, 5.74) is 7.64. The summed E-state index contributed by atoms with van der Waals surface area (Å²) in [6, 6.07) is 9.31. The van der Waals surface area contributed by atoms with Gasteiger partial charge in [-0.3, -0.25) is 4.90 Å². The second kappa shape index (κ2) is 8.33. The van der Waals surface area contributed by atoms with Crippen molar-refractivity contribution in [3.63, 3.8) is 0 Å². The SMILES string of the molecule is Nc1cc2nc(-c3ccco3)nn2c(NCC2CCCN2Cc2cc(Cl)nc(Cl)c2)n1. The van der Waals surface area contributed by atoms with Crippen molar-refractivity contribution in [2.75, 3.05) is 24.1 Å². The van der Waals surface area contributed by atoms with E-state index in [9.17, 15) is 0 Å². The minimum absolute atomic E-state index is 0.317. The molecule has 1 fully saturated rings. The highest BCUT2D eigenvalue weighted by Crippen LogP contribution is 2.24. The number of halogens is 2.